The molecule has 0 aromatic heterocycles. The Morgan fingerprint density at radius 2 is 2.06 bits per heavy atom. The molecule has 0 atom stereocenters. The number of hydrogen-bond acceptors (Lipinski definition) is 2. The molecule has 0 aliphatic carbocycles. The molecule has 0 spiro atoms. The van der Waals surface area contributed by atoms with Crippen molar-refractivity contribution in [1.29, 1.82) is 0 Å². The van der Waals surface area contributed by atoms with E-state index in [1.807, 2.05) is 36.0 Å². The van der Waals surface area contributed by atoms with Crippen LogP contribution < -0.4 is 5.73 Å². The molecule has 2 N–H and O–H groups in total. The highest BCUT2D eigenvalue weighted by Crippen LogP contribution is 2.16. The van der Waals surface area contributed by atoms with Crippen LogP contribution in [0.15, 0.2) is 29.3 Å². The summed E-state index contributed by atoms with van der Waals surface area (Å²) in [4.78, 5) is 6.54. The fourth-order valence-corrected chi connectivity index (χ4v) is 2.78. The molecule has 0 bridgehead atoms. The van der Waals surface area contributed by atoms with Gasteiger partial charge in [0, 0.05) is 29.6 Å². The van der Waals surface area contributed by atoms with Gasteiger partial charge in [-0.3, -0.25) is 0 Å². The van der Waals surface area contributed by atoms with Gasteiger partial charge in [-0.2, -0.15) is 11.8 Å². The van der Waals surface area contributed by atoms with Gasteiger partial charge in [0.25, 0.3) is 0 Å². The van der Waals surface area contributed by atoms with Crippen molar-refractivity contribution in [2.45, 2.75) is 6.54 Å². The molecule has 1 aromatic carbocycles. The van der Waals surface area contributed by atoms with Gasteiger partial charge in [-0.05, 0) is 11.6 Å². The quantitative estimate of drug-likeness (QED) is 0.661. The Morgan fingerprint density at radius 1 is 1.35 bits per heavy atom. The van der Waals surface area contributed by atoms with E-state index < -0.39 is 0 Å². The average molecular weight is 270 g/mol. The van der Waals surface area contributed by atoms with Crippen molar-refractivity contribution in [2.75, 3.05) is 24.6 Å². The van der Waals surface area contributed by atoms with E-state index in [1.165, 1.54) is 0 Å². The maximum absolute atomic E-state index is 6.07. The third-order valence-electron chi connectivity index (χ3n) is 2.70. The van der Waals surface area contributed by atoms with Crippen molar-refractivity contribution >= 4 is 29.3 Å². The summed E-state index contributed by atoms with van der Waals surface area (Å²) in [5.74, 6) is 2.88. The second-order valence-corrected chi connectivity index (χ2v) is 5.50. The van der Waals surface area contributed by atoms with Crippen LogP contribution in [0.25, 0.3) is 0 Å². The van der Waals surface area contributed by atoms with Crippen molar-refractivity contribution < 1.29 is 0 Å². The lowest BCUT2D eigenvalue weighted by molar-refractivity contribution is 0.455. The zero-order valence-electron chi connectivity index (χ0n) is 9.60. The first-order valence-corrected chi connectivity index (χ1v) is 7.16. The summed E-state index contributed by atoms with van der Waals surface area (Å²) in [6, 6.07) is 7.73. The molecule has 1 saturated heterocycles. The van der Waals surface area contributed by atoms with Crippen molar-refractivity contribution in [3.63, 3.8) is 0 Å². The lowest BCUT2D eigenvalue weighted by Gasteiger charge is -2.27. The summed E-state index contributed by atoms with van der Waals surface area (Å²) in [5.41, 5.74) is 6.99. The van der Waals surface area contributed by atoms with Crippen molar-refractivity contribution in [1.82, 2.24) is 4.90 Å². The van der Waals surface area contributed by atoms with E-state index in [0.717, 1.165) is 35.2 Å². The molecule has 0 radical (unpaired) electrons. The van der Waals surface area contributed by atoms with Crippen molar-refractivity contribution in [3.05, 3.63) is 34.9 Å². The molecule has 1 aromatic rings. The predicted octanol–water partition coefficient (Wildman–Crippen LogP) is 2.20. The van der Waals surface area contributed by atoms with Crippen LogP contribution in [0.3, 0.4) is 0 Å². The van der Waals surface area contributed by atoms with Gasteiger partial charge in [-0.25, -0.2) is 4.99 Å². The van der Waals surface area contributed by atoms with Crippen molar-refractivity contribution in [2.24, 2.45) is 10.7 Å². The van der Waals surface area contributed by atoms with E-state index in [0.29, 0.717) is 12.5 Å². The lowest BCUT2D eigenvalue weighted by atomic mass is 10.2. The summed E-state index contributed by atoms with van der Waals surface area (Å²) in [6.45, 7) is 2.53. The maximum atomic E-state index is 6.07. The van der Waals surface area contributed by atoms with E-state index in [4.69, 9.17) is 17.3 Å². The molecular weight excluding hydrogens is 254 g/mol. The van der Waals surface area contributed by atoms with Crippen LogP contribution in [-0.2, 0) is 6.54 Å². The Morgan fingerprint density at radius 3 is 2.76 bits per heavy atom. The summed E-state index contributed by atoms with van der Waals surface area (Å²) in [6.07, 6.45) is 0. The van der Waals surface area contributed by atoms with Crippen LogP contribution in [0.1, 0.15) is 5.56 Å². The number of hydrogen-bond donors (Lipinski definition) is 1. The third kappa shape index (κ3) is 3.54. The number of rotatable bonds is 2. The zero-order chi connectivity index (χ0) is 12.1. The summed E-state index contributed by atoms with van der Waals surface area (Å²) in [7, 11) is 0. The number of thioether (sulfide) groups is 1. The molecule has 1 heterocycles. The smallest absolute Gasteiger partial charge is 0.191 e. The fraction of sp³-hybridized carbons (Fsp3) is 0.417. The molecule has 17 heavy (non-hydrogen) atoms. The number of nitrogens with zero attached hydrogens (tertiary/aromatic N) is 2. The Balaban J connectivity index is 1.97. The van der Waals surface area contributed by atoms with Crippen LogP contribution in [0.2, 0.25) is 5.02 Å². The second kappa shape index (κ2) is 6.17. The normalized spacial score (nSPS) is 17.2. The second-order valence-electron chi connectivity index (χ2n) is 3.87. The molecule has 1 fully saturated rings. The van der Waals surface area contributed by atoms with Gasteiger partial charge < -0.3 is 10.6 Å². The van der Waals surface area contributed by atoms with E-state index in [2.05, 4.69) is 9.89 Å². The van der Waals surface area contributed by atoms with Gasteiger partial charge >= 0.3 is 0 Å². The molecule has 1 aliphatic heterocycles. The molecule has 3 nitrogen and oxygen atoms in total. The van der Waals surface area contributed by atoms with Crippen LogP contribution in [0, 0.1) is 0 Å². The van der Waals surface area contributed by atoms with Crippen LogP contribution in [0.4, 0.5) is 0 Å². The number of benzene rings is 1. The van der Waals surface area contributed by atoms with Crippen LogP contribution in [-0.4, -0.2) is 35.5 Å². The first-order chi connectivity index (χ1) is 8.27. The first-order valence-electron chi connectivity index (χ1n) is 5.63. The van der Waals surface area contributed by atoms with E-state index in [9.17, 15) is 0 Å². The molecule has 0 amide bonds. The van der Waals surface area contributed by atoms with Gasteiger partial charge in [0.05, 0.1) is 6.54 Å². The number of halogens is 1. The number of guanidine groups is 1. The van der Waals surface area contributed by atoms with Gasteiger partial charge in [0.1, 0.15) is 0 Å². The SMILES string of the molecule is NC(=NCc1ccccc1Cl)N1CCSCC1. The minimum Gasteiger partial charge on any atom is -0.370 e. The number of aliphatic imine (C=N–C) groups is 1. The highest BCUT2D eigenvalue weighted by Gasteiger charge is 2.11. The molecule has 0 saturated carbocycles. The Hall–Kier alpha value is -0.870. The van der Waals surface area contributed by atoms with E-state index in [1.54, 1.807) is 0 Å². The van der Waals surface area contributed by atoms with E-state index in [-0.39, 0.29) is 0 Å². The van der Waals surface area contributed by atoms with E-state index >= 15 is 0 Å². The minimum absolute atomic E-state index is 0.551. The predicted molar refractivity (Wildman–Crippen MR) is 75.7 cm³/mol. The van der Waals surface area contributed by atoms with Gasteiger partial charge in [-0.1, -0.05) is 29.8 Å². The Labute approximate surface area is 111 Å². The van der Waals surface area contributed by atoms with Crippen LogP contribution in [0.5, 0.6) is 0 Å². The van der Waals surface area contributed by atoms with Gasteiger partial charge in [0.2, 0.25) is 0 Å². The molecular formula is C12H16ClN3S. The summed E-state index contributed by atoms with van der Waals surface area (Å²) < 4.78 is 0. The molecule has 1 aliphatic rings. The largest absolute Gasteiger partial charge is 0.370 e. The maximum Gasteiger partial charge on any atom is 0.191 e. The summed E-state index contributed by atoms with van der Waals surface area (Å²) >= 11 is 8.03. The topological polar surface area (TPSA) is 41.6 Å². The standard InChI is InChI=1S/C12H16ClN3S/c13-11-4-2-1-3-10(11)9-15-12(14)16-5-7-17-8-6-16/h1-4H,5-9H2,(H2,14,15). The first kappa shape index (κ1) is 12.6. The molecule has 92 valence electrons. The fourth-order valence-electron chi connectivity index (χ4n) is 1.69. The Kier molecular flexibility index (Phi) is 4.57. The van der Waals surface area contributed by atoms with Gasteiger partial charge in [-0.15, -0.1) is 0 Å². The molecule has 2 rings (SSSR count). The Bertz CT molecular complexity index is 402. The third-order valence-corrected chi connectivity index (χ3v) is 4.02. The zero-order valence-corrected chi connectivity index (χ0v) is 11.2. The molecule has 0 unspecified atom stereocenters. The van der Waals surface area contributed by atoms with Gasteiger partial charge in [0.15, 0.2) is 5.96 Å². The minimum atomic E-state index is 0.551. The highest BCUT2D eigenvalue weighted by atomic mass is 35.5. The van der Waals surface area contributed by atoms with Crippen molar-refractivity contribution in [3.8, 4) is 0 Å². The number of nitrogens with two attached hydrogens (primary N) is 1. The summed E-state index contributed by atoms with van der Waals surface area (Å²) in [5, 5.41) is 0.748. The van der Waals surface area contributed by atoms with Crippen LogP contribution >= 0.6 is 23.4 Å². The average Bonchev–Trinajstić information content (AvgIpc) is 2.38. The highest BCUT2D eigenvalue weighted by molar-refractivity contribution is 7.99. The lowest BCUT2D eigenvalue weighted by Crippen LogP contribution is -2.42. The molecule has 5 heteroatoms. The monoisotopic (exact) mass is 269 g/mol.